The highest BCUT2D eigenvalue weighted by Gasteiger charge is 2.23. The number of benzene rings is 2. The van der Waals surface area contributed by atoms with E-state index in [-0.39, 0.29) is 16.4 Å². The fourth-order valence-corrected chi connectivity index (χ4v) is 2.89. The molecule has 0 saturated heterocycles. The zero-order chi connectivity index (χ0) is 16.2. The topological polar surface area (TPSA) is 71.1 Å². The monoisotopic (exact) mass is 324 g/mol. The molecule has 7 heteroatoms. The number of ether oxygens (including phenoxy) is 3. The van der Waals surface area contributed by atoms with Gasteiger partial charge >= 0.3 is 10.1 Å². The Bertz CT molecular complexity index is 737. The largest absolute Gasteiger partial charge is 0.497 e. The quantitative estimate of drug-likeness (QED) is 0.760. The molecule has 0 aromatic heterocycles. The lowest BCUT2D eigenvalue weighted by Crippen LogP contribution is -2.11. The van der Waals surface area contributed by atoms with Crippen LogP contribution in [0.4, 0.5) is 0 Å². The number of methoxy groups -OCH3 is 3. The molecule has 0 unspecified atom stereocenters. The molecule has 22 heavy (non-hydrogen) atoms. The van der Waals surface area contributed by atoms with Gasteiger partial charge in [0.1, 0.15) is 23.0 Å². The zero-order valence-corrected chi connectivity index (χ0v) is 13.2. The van der Waals surface area contributed by atoms with Gasteiger partial charge in [0.2, 0.25) is 0 Å². The molecule has 0 aliphatic heterocycles. The predicted octanol–water partition coefficient (Wildman–Crippen LogP) is 2.48. The summed E-state index contributed by atoms with van der Waals surface area (Å²) in [5.41, 5.74) is 0. The summed E-state index contributed by atoms with van der Waals surface area (Å²) in [5, 5.41) is 0. The molecule has 0 bridgehead atoms. The van der Waals surface area contributed by atoms with Crippen molar-refractivity contribution in [2.75, 3.05) is 21.3 Å². The van der Waals surface area contributed by atoms with Crippen LogP contribution in [-0.4, -0.2) is 29.7 Å². The fraction of sp³-hybridized carbons (Fsp3) is 0.200. The van der Waals surface area contributed by atoms with Crippen molar-refractivity contribution in [1.29, 1.82) is 0 Å². The Balaban J connectivity index is 2.36. The summed E-state index contributed by atoms with van der Waals surface area (Å²) in [6.07, 6.45) is 0. The van der Waals surface area contributed by atoms with E-state index in [9.17, 15) is 8.42 Å². The SMILES string of the molecule is COc1ccc(OS(=O)(=O)c2cc(OC)ccc2OC)cc1. The summed E-state index contributed by atoms with van der Waals surface area (Å²) < 4.78 is 45.1. The van der Waals surface area contributed by atoms with Crippen LogP contribution in [-0.2, 0) is 10.1 Å². The van der Waals surface area contributed by atoms with Crippen LogP contribution < -0.4 is 18.4 Å². The van der Waals surface area contributed by atoms with Gasteiger partial charge in [-0.3, -0.25) is 0 Å². The first kappa shape index (κ1) is 16.0. The van der Waals surface area contributed by atoms with Crippen molar-refractivity contribution >= 4 is 10.1 Å². The third-order valence-electron chi connectivity index (χ3n) is 2.91. The molecular weight excluding hydrogens is 308 g/mol. The molecular formula is C15H16O6S. The first-order valence-electron chi connectivity index (χ1n) is 6.30. The molecule has 0 amide bonds. The predicted molar refractivity (Wildman–Crippen MR) is 80.4 cm³/mol. The van der Waals surface area contributed by atoms with Crippen molar-refractivity contribution in [2.24, 2.45) is 0 Å². The van der Waals surface area contributed by atoms with E-state index < -0.39 is 10.1 Å². The summed E-state index contributed by atoms with van der Waals surface area (Å²) in [7, 11) is 0.298. The van der Waals surface area contributed by atoms with Gasteiger partial charge in [-0.1, -0.05) is 0 Å². The first-order valence-corrected chi connectivity index (χ1v) is 7.71. The number of rotatable bonds is 6. The maximum atomic E-state index is 12.4. The van der Waals surface area contributed by atoms with Crippen LogP contribution in [0.2, 0.25) is 0 Å². The lowest BCUT2D eigenvalue weighted by Gasteiger charge is -2.12. The molecule has 0 aliphatic rings. The molecule has 0 aliphatic carbocycles. The average molecular weight is 324 g/mol. The van der Waals surface area contributed by atoms with E-state index in [1.54, 1.807) is 18.2 Å². The molecule has 0 atom stereocenters. The van der Waals surface area contributed by atoms with Crippen molar-refractivity contribution in [3.63, 3.8) is 0 Å². The van der Waals surface area contributed by atoms with Gasteiger partial charge in [-0.25, -0.2) is 0 Å². The summed E-state index contributed by atoms with van der Waals surface area (Å²) in [6, 6.07) is 10.7. The standard InChI is InChI=1S/C15H16O6S/c1-18-11-4-6-12(7-5-11)21-22(16,17)15-10-13(19-2)8-9-14(15)20-3/h4-10H,1-3H3. The Labute approximate surface area is 129 Å². The van der Waals surface area contributed by atoms with Crippen LogP contribution in [0, 0.1) is 0 Å². The van der Waals surface area contributed by atoms with Gasteiger partial charge in [0.05, 0.1) is 21.3 Å². The Morgan fingerprint density at radius 3 is 1.82 bits per heavy atom. The average Bonchev–Trinajstić information content (AvgIpc) is 2.54. The van der Waals surface area contributed by atoms with Crippen molar-refractivity contribution in [3.05, 3.63) is 42.5 Å². The molecule has 6 nitrogen and oxygen atoms in total. The molecule has 0 N–H and O–H groups in total. The van der Waals surface area contributed by atoms with Crippen molar-refractivity contribution in [3.8, 4) is 23.0 Å². The van der Waals surface area contributed by atoms with Gasteiger partial charge in [0.15, 0.2) is 4.90 Å². The minimum atomic E-state index is -4.05. The Morgan fingerprint density at radius 1 is 0.727 bits per heavy atom. The van der Waals surface area contributed by atoms with E-state index in [2.05, 4.69) is 0 Å². The maximum Gasteiger partial charge on any atom is 0.343 e. The van der Waals surface area contributed by atoms with Crippen molar-refractivity contribution in [1.82, 2.24) is 0 Å². The summed E-state index contributed by atoms with van der Waals surface area (Å²) in [4.78, 5) is -0.106. The lowest BCUT2D eigenvalue weighted by molar-refractivity contribution is 0.388. The minimum absolute atomic E-state index is 0.106. The van der Waals surface area contributed by atoms with E-state index in [0.717, 1.165) is 0 Å². The van der Waals surface area contributed by atoms with Gasteiger partial charge < -0.3 is 18.4 Å². The molecule has 2 aromatic rings. The van der Waals surface area contributed by atoms with Crippen molar-refractivity contribution < 1.29 is 26.8 Å². The third kappa shape index (κ3) is 3.43. The smallest absolute Gasteiger partial charge is 0.343 e. The normalized spacial score (nSPS) is 10.9. The van der Waals surface area contributed by atoms with Gasteiger partial charge in [-0.2, -0.15) is 8.42 Å². The molecule has 2 aromatic carbocycles. The molecule has 118 valence electrons. The second-order valence-electron chi connectivity index (χ2n) is 4.23. The van der Waals surface area contributed by atoms with E-state index >= 15 is 0 Å². The molecule has 2 rings (SSSR count). The third-order valence-corrected chi connectivity index (χ3v) is 4.18. The molecule has 0 fully saturated rings. The highest BCUT2D eigenvalue weighted by atomic mass is 32.2. The van der Waals surface area contributed by atoms with Crippen LogP contribution >= 0.6 is 0 Å². The number of hydrogen-bond acceptors (Lipinski definition) is 6. The van der Waals surface area contributed by atoms with Crippen LogP contribution in [0.15, 0.2) is 47.4 Å². The Kier molecular flexibility index (Phi) is 4.77. The molecule has 0 radical (unpaired) electrons. The summed E-state index contributed by atoms with van der Waals surface area (Å²) in [5.74, 6) is 1.33. The minimum Gasteiger partial charge on any atom is -0.497 e. The maximum absolute atomic E-state index is 12.4. The Morgan fingerprint density at radius 2 is 1.27 bits per heavy atom. The van der Waals surface area contributed by atoms with Gasteiger partial charge in [-0.05, 0) is 36.4 Å². The highest BCUT2D eigenvalue weighted by Crippen LogP contribution is 2.30. The van der Waals surface area contributed by atoms with Crippen LogP contribution in [0.25, 0.3) is 0 Å². The second-order valence-corrected chi connectivity index (χ2v) is 5.74. The van der Waals surface area contributed by atoms with E-state index in [0.29, 0.717) is 11.5 Å². The molecule has 0 heterocycles. The van der Waals surface area contributed by atoms with Crippen LogP contribution in [0.5, 0.6) is 23.0 Å². The zero-order valence-electron chi connectivity index (χ0n) is 12.4. The molecule has 0 spiro atoms. The van der Waals surface area contributed by atoms with Crippen LogP contribution in [0.1, 0.15) is 0 Å². The summed E-state index contributed by atoms with van der Waals surface area (Å²) in [6.45, 7) is 0. The van der Waals surface area contributed by atoms with Crippen molar-refractivity contribution in [2.45, 2.75) is 4.90 Å². The van der Waals surface area contributed by atoms with Gasteiger partial charge in [0, 0.05) is 6.07 Å². The highest BCUT2D eigenvalue weighted by molar-refractivity contribution is 7.87. The fourth-order valence-electron chi connectivity index (χ4n) is 1.78. The number of hydrogen-bond donors (Lipinski definition) is 0. The Hall–Kier alpha value is -2.41. The summed E-state index contributed by atoms with van der Waals surface area (Å²) >= 11 is 0. The van der Waals surface area contributed by atoms with E-state index in [1.807, 2.05) is 0 Å². The van der Waals surface area contributed by atoms with E-state index in [1.165, 1.54) is 45.6 Å². The van der Waals surface area contributed by atoms with Gasteiger partial charge in [0.25, 0.3) is 0 Å². The van der Waals surface area contributed by atoms with E-state index in [4.69, 9.17) is 18.4 Å². The second kappa shape index (κ2) is 6.57. The first-order chi connectivity index (χ1) is 10.5. The lowest BCUT2D eigenvalue weighted by atomic mass is 10.3. The molecule has 0 saturated carbocycles. The van der Waals surface area contributed by atoms with Crippen LogP contribution in [0.3, 0.4) is 0 Å². The van der Waals surface area contributed by atoms with Gasteiger partial charge in [-0.15, -0.1) is 0 Å².